The molecule has 2 aromatic rings. The van der Waals surface area contributed by atoms with Crippen LogP contribution in [0.3, 0.4) is 0 Å². The standard InChI is InChI=1S/C17H21BrN2O3/c1-10-13-8-12(18)4-5-14(13)23-16(10)17(21)19-11(2)15-9-20(3)6-7-22-15/h4-5,8,11,15H,6-7,9H2,1-3H3,(H,19,21). The molecule has 2 unspecified atom stereocenters. The van der Waals surface area contributed by atoms with Crippen molar-refractivity contribution in [3.63, 3.8) is 0 Å². The number of ether oxygens (including phenoxy) is 1. The number of hydrogen-bond donors (Lipinski definition) is 1. The number of aryl methyl sites for hydroxylation is 1. The summed E-state index contributed by atoms with van der Waals surface area (Å²) in [5.74, 6) is 0.174. The summed E-state index contributed by atoms with van der Waals surface area (Å²) >= 11 is 3.45. The molecular weight excluding hydrogens is 360 g/mol. The van der Waals surface area contributed by atoms with Gasteiger partial charge in [0.05, 0.1) is 18.8 Å². The summed E-state index contributed by atoms with van der Waals surface area (Å²) in [4.78, 5) is 14.8. The molecule has 1 N–H and O–H groups in total. The number of likely N-dealkylation sites (N-methyl/N-ethyl adjacent to an activating group) is 1. The predicted octanol–water partition coefficient (Wildman–Crippen LogP) is 2.95. The third-order valence-electron chi connectivity index (χ3n) is 4.32. The Bertz CT molecular complexity index is 728. The van der Waals surface area contributed by atoms with Crippen LogP contribution in [0, 0.1) is 6.92 Å². The van der Waals surface area contributed by atoms with E-state index in [2.05, 4.69) is 33.2 Å². The molecule has 1 aliphatic heterocycles. The van der Waals surface area contributed by atoms with Crippen LogP contribution in [-0.2, 0) is 4.74 Å². The van der Waals surface area contributed by atoms with E-state index in [4.69, 9.17) is 9.15 Å². The van der Waals surface area contributed by atoms with Crippen LogP contribution in [0.1, 0.15) is 23.0 Å². The molecule has 1 aromatic heterocycles. The Kier molecular flexibility index (Phi) is 4.75. The van der Waals surface area contributed by atoms with Crippen LogP contribution >= 0.6 is 15.9 Å². The van der Waals surface area contributed by atoms with Gasteiger partial charge in [0, 0.05) is 28.5 Å². The monoisotopic (exact) mass is 380 g/mol. The average Bonchev–Trinajstić information content (AvgIpc) is 2.84. The summed E-state index contributed by atoms with van der Waals surface area (Å²) in [5.41, 5.74) is 1.57. The van der Waals surface area contributed by atoms with Crippen molar-refractivity contribution in [3.8, 4) is 0 Å². The van der Waals surface area contributed by atoms with Gasteiger partial charge < -0.3 is 19.4 Å². The summed E-state index contributed by atoms with van der Waals surface area (Å²) in [6.45, 7) is 6.31. The number of morpholine rings is 1. The molecular formula is C17H21BrN2O3. The van der Waals surface area contributed by atoms with Crippen molar-refractivity contribution in [2.45, 2.75) is 26.0 Å². The third-order valence-corrected chi connectivity index (χ3v) is 4.81. The SMILES string of the molecule is Cc1c(C(=O)NC(C)C2CN(C)CCO2)oc2ccc(Br)cc12. The number of benzene rings is 1. The first-order valence-electron chi connectivity index (χ1n) is 7.75. The molecule has 1 fully saturated rings. The van der Waals surface area contributed by atoms with Crippen LogP contribution in [0.5, 0.6) is 0 Å². The number of hydrogen-bond acceptors (Lipinski definition) is 4. The maximum Gasteiger partial charge on any atom is 0.287 e. The van der Waals surface area contributed by atoms with E-state index in [0.717, 1.165) is 34.1 Å². The molecule has 0 radical (unpaired) electrons. The smallest absolute Gasteiger partial charge is 0.287 e. The van der Waals surface area contributed by atoms with Crippen molar-refractivity contribution in [3.05, 3.63) is 34.0 Å². The first-order chi connectivity index (χ1) is 11.0. The minimum atomic E-state index is -0.195. The number of fused-ring (bicyclic) bond motifs is 1. The van der Waals surface area contributed by atoms with Gasteiger partial charge in [-0.1, -0.05) is 15.9 Å². The van der Waals surface area contributed by atoms with E-state index >= 15 is 0 Å². The molecule has 23 heavy (non-hydrogen) atoms. The zero-order valence-electron chi connectivity index (χ0n) is 13.6. The Hall–Kier alpha value is -1.37. The van der Waals surface area contributed by atoms with Gasteiger partial charge in [0.1, 0.15) is 5.58 Å². The Labute approximate surface area is 144 Å². The Morgan fingerprint density at radius 2 is 2.26 bits per heavy atom. The highest BCUT2D eigenvalue weighted by Gasteiger charge is 2.27. The molecule has 0 saturated carbocycles. The van der Waals surface area contributed by atoms with Crippen molar-refractivity contribution >= 4 is 32.8 Å². The number of nitrogens with zero attached hydrogens (tertiary/aromatic N) is 1. The first kappa shape index (κ1) is 16.5. The van der Waals surface area contributed by atoms with Crippen molar-refractivity contribution in [1.82, 2.24) is 10.2 Å². The molecule has 0 aliphatic carbocycles. The summed E-state index contributed by atoms with van der Waals surface area (Å²) in [6.07, 6.45) is -0.00321. The molecule has 5 nitrogen and oxygen atoms in total. The van der Waals surface area contributed by atoms with E-state index < -0.39 is 0 Å². The van der Waals surface area contributed by atoms with Crippen molar-refractivity contribution in [2.75, 3.05) is 26.7 Å². The van der Waals surface area contributed by atoms with Crippen LogP contribution in [-0.4, -0.2) is 49.7 Å². The summed E-state index contributed by atoms with van der Waals surface area (Å²) in [7, 11) is 2.06. The highest BCUT2D eigenvalue weighted by Crippen LogP contribution is 2.28. The highest BCUT2D eigenvalue weighted by molar-refractivity contribution is 9.10. The van der Waals surface area contributed by atoms with E-state index in [9.17, 15) is 4.79 Å². The fraction of sp³-hybridized carbons (Fsp3) is 0.471. The Morgan fingerprint density at radius 1 is 1.48 bits per heavy atom. The molecule has 6 heteroatoms. The number of nitrogens with one attached hydrogen (secondary N) is 1. The summed E-state index contributed by atoms with van der Waals surface area (Å²) in [5, 5.41) is 3.96. The van der Waals surface area contributed by atoms with E-state index in [-0.39, 0.29) is 18.1 Å². The quantitative estimate of drug-likeness (QED) is 0.889. The zero-order valence-corrected chi connectivity index (χ0v) is 15.1. The van der Waals surface area contributed by atoms with Crippen LogP contribution in [0.15, 0.2) is 27.1 Å². The molecule has 0 bridgehead atoms. The molecule has 2 heterocycles. The molecule has 124 valence electrons. The number of amides is 1. The molecule has 0 spiro atoms. The fourth-order valence-electron chi connectivity index (χ4n) is 2.89. The maximum absolute atomic E-state index is 12.6. The Morgan fingerprint density at radius 3 is 3.00 bits per heavy atom. The normalized spacial score (nSPS) is 20.6. The van der Waals surface area contributed by atoms with Gasteiger partial charge >= 0.3 is 0 Å². The fourth-order valence-corrected chi connectivity index (χ4v) is 3.25. The summed E-state index contributed by atoms with van der Waals surface area (Å²) < 4.78 is 12.5. The number of carbonyl (C=O) groups excluding carboxylic acids is 1. The van der Waals surface area contributed by atoms with E-state index in [0.29, 0.717) is 12.4 Å². The largest absolute Gasteiger partial charge is 0.451 e. The highest BCUT2D eigenvalue weighted by atomic mass is 79.9. The van der Waals surface area contributed by atoms with Gasteiger partial charge in [-0.15, -0.1) is 0 Å². The molecule has 1 aliphatic rings. The molecule has 2 atom stereocenters. The number of furan rings is 1. The van der Waals surface area contributed by atoms with Gasteiger partial charge in [-0.3, -0.25) is 4.79 Å². The van der Waals surface area contributed by atoms with Gasteiger partial charge in [0.2, 0.25) is 0 Å². The maximum atomic E-state index is 12.6. The molecule has 3 rings (SSSR count). The van der Waals surface area contributed by atoms with Gasteiger partial charge in [0.25, 0.3) is 5.91 Å². The van der Waals surface area contributed by atoms with Crippen molar-refractivity contribution in [1.29, 1.82) is 0 Å². The second-order valence-electron chi connectivity index (χ2n) is 6.13. The van der Waals surface area contributed by atoms with Crippen molar-refractivity contribution in [2.24, 2.45) is 0 Å². The van der Waals surface area contributed by atoms with Gasteiger partial charge in [-0.05, 0) is 39.1 Å². The topological polar surface area (TPSA) is 54.7 Å². The second kappa shape index (κ2) is 6.63. The van der Waals surface area contributed by atoms with Crippen LogP contribution in [0.4, 0.5) is 0 Å². The molecule has 1 saturated heterocycles. The van der Waals surface area contributed by atoms with Gasteiger partial charge in [-0.2, -0.15) is 0 Å². The van der Waals surface area contributed by atoms with Gasteiger partial charge in [0.15, 0.2) is 5.76 Å². The van der Waals surface area contributed by atoms with Crippen LogP contribution < -0.4 is 5.32 Å². The minimum absolute atomic E-state index is 0.00321. The van der Waals surface area contributed by atoms with E-state index in [1.165, 1.54) is 0 Å². The minimum Gasteiger partial charge on any atom is -0.451 e. The van der Waals surface area contributed by atoms with Gasteiger partial charge in [-0.25, -0.2) is 0 Å². The number of rotatable bonds is 3. The lowest BCUT2D eigenvalue weighted by Gasteiger charge is -2.33. The average molecular weight is 381 g/mol. The lowest BCUT2D eigenvalue weighted by Crippen LogP contribution is -2.51. The Balaban J connectivity index is 1.76. The predicted molar refractivity (Wildman–Crippen MR) is 92.8 cm³/mol. The first-order valence-corrected chi connectivity index (χ1v) is 8.54. The lowest BCUT2D eigenvalue weighted by molar-refractivity contribution is -0.0343. The van der Waals surface area contributed by atoms with E-state index in [1.807, 2.05) is 32.0 Å². The molecule has 1 amide bonds. The third kappa shape index (κ3) is 3.44. The zero-order chi connectivity index (χ0) is 16.6. The number of carbonyl (C=O) groups is 1. The second-order valence-corrected chi connectivity index (χ2v) is 7.05. The van der Waals surface area contributed by atoms with Crippen LogP contribution in [0.25, 0.3) is 11.0 Å². The molecule has 1 aromatic carbocycles. The number of halogens is 1. The van der Waals surface area contributed by atoms with E-state index in [1.54, 1.807) is 0 Å². The summed E-state index contributed by atoms with van der Waals surface area (Å²) in [6, 6.07) is 5.66. The van der Waals surface area contributed by atoms with Crippen LogP contribution in [0.2, 0.25) is 0 Å². The van der Waals surface area contributed by atoms with Crippen molar-refractivity contribution < 1.29 is 13.9 Å². The lowest BCUT2D eigenvalue weighted by atomic mass is 10.1.